The van der Waals surface area contributed by atoms with Crippen LogP contribution in [-0.4, -0.2) is 4.75 Å². The molecule has 0 amide bonds. The standard InChI is InChI=1S/C11H14Cl2S/c1-4-11(2,3)14-8-5-6-9(12)10(13)7-8/h5-7H,4H2,1-3H3. The number of thioether (sulfide) groups is 1. The minimum atomic E-state index is 0.247. The van der Waals surface area contributed by atoms with Gasteiger partial charge in [0.05, 0.1) is 10.0 Å². The Morgan fingerprint density at radius 2 is 1.86 bits per heavy atom. The van der Waals surface area contributed by atoms with Crippen molar-refractivity contribution in [2.75, 3.05) is 0 Å². The molecule has 0 atom stereocenters. The average Bonchev–Trinajstić information content (AvgIpc) is 2.11. The fourth-order valence-electron chi connectivity index (χ4n) is 0.932. The van der Waals surface area contributed by atoms with Crippen LogP contribution < -0.4 is 0 Å². The monoisotopic (exact) mass is 248 g/mol. The summed E-state index contributed by atoms with van der Waals surface area (Å²) in [5.41, 5.74) is 0. The lowest BCUT2D eigenvalue weighted by atomic mass is 10.1. The molecule has 1 rings (SSSR count). The molecule has 0 heterocycles. The predicted molar refractivity (Wildman–Crippen MR) is 66.7 cm³/mol. The Balaban J connectivity index is 2.83. The third-order valence-corrected chi connectivity index (χ3v) is 4.21. The number of halogens is 2. The fourth-order valence-corrected chi connectivity index (χ4v) is 2.39. The maximum atomic E-state index is 5.94. The fraction of sp³-hybridized carbons (Fsp3) is 0.455. The van der Waals surface area contributed by atoms with Crippen LogP contribution in [0.25, 0.3) is 0 Å². The first kappa shape index (κ1) is 12.2. The molecule has 1 aromatic rings. The lowest BCUT2D eigenvalue weighted by Crippen LogP contribution is -2.11. The van der Waals surface area contributed by atoms with Crippen LogP contribution in [0.1, 0.15) is 27.2 Å². The molecule has 14 heavy (non-hydrogen) atoms. The molecule has 78 valence electrons. The second-order valence-electron chi connectivity index (χ2n) is 3.79. The second kappa shape index (κ2) is 4.78. The van der Waals surface area contributed by atoms with Crippen molar-refractivity contribution in [2.45, 2.75) is 36.8 Å². The molecule has 0 aromatic heterocycles. The van der Waals surface area contributed by atoms with Gasteiger partial charge in [-0.3, -0.25) is 0 Å². The quantitative estimate of drug-likeness (QED) is 0.657. The third-order valence-electron chi connectivity index (χ3n) is 2.14. The molecule has 0 aliphatic rings. The first-order valence-corrected chi connectivity index (χ1v) is 6.16. The van der Waals surface area contributed by atoms with Crippen molar-refractivity contribution in [1.82, 2.24) is 0 Å². The molecule has 0 aliphatic carbocycles. The Labute approximate surface area is 100.0 Å². The molecule has 1 aromatic carbocycles. The Morgan fingerprint density at radius 3 is 2.36 bits per heavy atom. The number of rotatable bonds is 3. The molecular formula is C11H14Cl2S. The summed E-state index contributed by atoms with van der Waals surface area (Å²) in [6, 6.07) is 5.78. The van der Waals surface area contributed by atoms with Gasteiger partial charge in [-0.2, -0.15) is 0 Å². The van der Waals surface area contributed by atoms with E-state index < -0.39 is 0 Å². The van der Waals surface area contributed by atoms with E-state index in [-0.39, 0.29) is 4.75 Å². The van der Waals surface area contributed by atoms with E-state index >= 15 is 0 Å². The van der Waals surface area contributed by atoms with E-state index in [1.807, 2.05) is 30.0 Å². The second-order valence-corrected chi connectivity index (χ2v) is 6.39. The average molecular weight is 249 g/mol. The molecule has 0 unspecified atom stereocenters. The number of hydrogen-bond acceptors (Lipinski definition) is 1. The lowest BCUT2D eigenvalue weighted by Gasteiger charge is -2.21. The summed E-state index contributed by atoms with van der Waals surface area (Å²) in [6.45, 7) is 6.63. The highest BCUT2D eigenvalue weighted by molar-refractivity contribution is 8.00. The minimum Gasteiger partial charge on any atom is -0.120 e. The summed E-state index contributed by atoms with van der Waals surface area (Å²) < 4.78 is 0.247. The van der Waals surface area contributed by atoms with Crippen molar-refractivity contribution >= 4 is 35.0 Å². The van der Waals surface area contributed by atoms with E-state index in [1.54, 1.807) is 0 Å². The van der Waals surface area contributed by atoms with E-state index in [1.165, 1.54) is 4.90 Å². The summed E-state index contributed by atoms with van der Waals surface area (Å²) in [6.07, 6.45) is 1.12. The van der Waals surface area contributed by atoms with Gasteiger partial charge in [-0.05, 0) is 24.6 Å². The molecule has 0 aliphatic heterocycles. The molecule has 3 heteroatoms. The molecule has 0 radical (unpaired) electrons. The van der Waals surface area contributed by atoms with Gasteiger partial charge in [0.1, 0.15) is 0 Å². The van der Waals surface area contributed by atoms with E-state index in [4.69, 9.17) is 23.2 Å². The van der Waals surface area contributed by atoms with Gasteiger partial charge in [-0.15, -0.1) is 11.8 Å². The molecule has 0 fully saturated rings. The van der Waals surface area contributed by atoms with Crippen LogP contribution in [0, 0.1) is 0 Å². The Bertz CT molecular complexity index is 321. The largest absolute Gasteiger partial charge is 0.120 e. The smallest absolute Gasteiger partial charge is 0.0603 e. The van der Waals surface area contributed by atoms with Crippen LogP contribution >= 0.6 is 35.0 Å². The highest BCUT2D eigenvalue weighted by Gasteiger charge is 2.16. The molecule has 0 saturated heterocycles. The first-order chi connectivity index (χ1) is 6.44. The molecular weight excluding hydrogens is 235 g/mol. The van der Waals surface area contributed by atoms with Crippen molar-refractivity contribution in [1.29, 1.82) is 0 Å². The summed E-state index contributed by atoms with van der Waals surface area (Å²) in [5.74, 6) is 0. The van der Waals surface area contributed by atoms with E-state index in [9.17, 15) is 0 Å². The van der Waals surface area contributed by atoms with Gasteiger partial charge in [0, 0.05) is 9.64 Å². The molecule has 0 saturated carbocycles. The number of hydrogen-bond donors (Lipinski definition) is 0. The molecule has 0 N–H and O–H groups in total. The zero-order valence-corrected chi connectivity index (χ0v) is 10.9. The zero-order chi connectivity index (χ0) is 10.8. The van der Waals surface area contributed by atoms with Crippen molar-refractivity contribution in [3.05, 3.63) is 28.2 Å². The van der Waals surface area contributed by atoms with Crippen LogP contribution in [-0.2, 0) is 0 Å². The van der Waals surface area contributed by atoms with Gasteiger partial charge in [0.25, 0.3) is 0 Å². The predicted octanol–water partition coefficient (Wildman–Crippen LogP) is 5.27. The number of benzene rings is 1. The van der Waals surface area contributed by atoms with Gasteiger partial charge in [0.2, 0.25) is 0 Å². The highest BCUT2D eigenvalue weighted by atomic mass is 35.5. The normalized spacial score (nSPS) is 11.8. The summed E-state index contributed by atoms with van der Waals surface area (Å²) in [7, 11) is 0. The van der Waals surface area contributed by atoms with Gasteiger partial charge in [-0.25, -0.2) is 0 Å². The van der Waals surface area contributed by atoms with Crippen molar-refractivity contribution < 1.29 is 0 Å². The topological polar surface area (TPSA) is 0 Å². The SMILES string of the molecule is CCC(C)(C)Sc1ccc(Cl)c(Cl)c1. The third kappa shape index (κ3) is 3.38. The molecule has 0 bridgehead atoms. The van der Waals surface area contributed by atoms with Crippen LogP contribution in [0.4, 0.5) is 0 Å². The van der Waals surface area contributed by atoms with E-state index in [2.05, 4.69) is 20.8 Å². The minimum absolute atomic E-state index is 0.247. The van der Waals surface area contributed by atoms with Crippen LogP contribution in [0.2, 0.25) is 10.0 Å². The zero-order valence-electron chi connectivity index (χ0n) is 8.60. The molecule has 0 spiro atoms. The van der Waals surface area contributed by atoms with Crippen LogP contribution in [0.3, 0.4) is 0 Å². The van der Waals surface area contributed by atoms with Crippen molar-refractivity contribution in [2.24, 2.45) is 0 Å². The summed E-state index contributed by atoms with van der Waals surface area (Å²) in [4.78, 5) is 1.17. The van der Waals surface area contributed by atoms with Gasteiger partial charge in [-0.1, -0.05) is 44.0 Å². The summed E-state index contributed by atoms with van der Waals surface area (Å²) >= 11 is 13.6. The van der Waals surface area contributed by atoms with Gasteiger partial charge >= 0.3 is 0 Å². The van der Waals surface area contributed by atoms with Crippen molar-refractivity contribution in [3.63, 3.8) is 0 Å². The summed E-state index contributed by atoms with van der Waals surface area (Å²) in [5, 5.41) is 1.24. The Morgan fingerprint density at radius 1 is 1.21 bits per heavy atom. The maximum Gasteiger partial charge on any atom is 0.0603 e. The maximum absolute atomic E-state index is 5.94. The van der Waals surface area contributed by atoms with Gasteiger partial charge < -0.3 is 0 Å². The first-order valence-electron chi connectivity index (χ1n) is 4.58. The lowest BCUT2D eigenvalue weighted by molar-refractivity contribution is 0.684. The van der Waals surface area contributed by atoms with Gasteiger partial charge in [0.15, 0.2) is 0 Å². The van der Waals surface area contributed by atoms with Crippen LogP contribution in [0.5, 0.6) is 0 Å². The highest BCUT2D eigenvalue weighted by Crippen LogP contribution is 2.37. The van der Waals surface area contributed by atoms with Crippen molar-refractivity contribution in [3.8, 4) is 0 Å². The van der Waals surface area contributed by atoms with E-state index in [0.29, 0.717) is 10.0 Å². The van der Waals surface area contributed by atoms with E-state index in [0.717, 1.165) is 6.42 Å². The van der Waals surface area contributed by atoms with Crippen LogP contribution in [0.15, 0.2) is 23.1 Å². The molecule has 0 nitrogen and oxygen atoms in total. The Hall–Kier alpha value is 0.150. The Kier molecular flexibility index (Phi) is 4.17.